The molecule has 228 valence electrons. The molecule has 0 spiro atoms. The number of nitrogens with zero attached hydrogens (tertiary/aromatic N) is 2. The predicted octanol–water partition coefficient (Wildman–Crippen LogP) is 4.01. The molecule has 2 atom stereocenters. The van der Waals surface area contributed by atoms with Crippen molar-refractivity contribution >= 4 is 35.6 Å². The third-order valence-electron chi connectivity index (χ3n) is 7.03. The van der Waals surface area contributed by atoms with Gasteiger partial charge < -0.3 is 25.6 Å². The first-order valence-corrected chi connectivity index (χ1v) is 13.9. The Balaban J connectivity index is 1.78. The molecule has 11 heteroatoms. The quantitative estimate of drug-likeness (QED) is 0.183. The first-order chi connectivity index (χ1) is 20.5. The number of hydrogen-bond donors (Lipinski definition) is 4. The molecule has 3 amide bonds. The Morgan fingerprint density at radius 3 is 2.16 bits per heavy atom. The number of urea groups is 1. The summed E-state index contributed by atoms with van der Waals surface area (Å²) in [4.78, 5) is 53.8. The van der Waals surface area contributed by atoms with Gasteiger partial charge in [-0.25, -0.2) is 9.59 Å². The maximum atomic E-state index is 13.3. The number of rotatable bonds is 12. The van der Waals surface area contributed by atoms with E-state index in [1.54, 1.807) is 64.5 Å². The summed E-state index contributed by atoms with van der Waals surface area (Å²) in [5.41, 5.74) is 2.64. The summed E-state index contributed by atoms with van der Waals surface area (Å²) in [5, 5.41) is 25.8. The van der Waals surface area contributed by atoms with Crippen LogP contribution in [0.3, 0.4) is 0 Å². The molecule has 0 saturated heterocycles. The molecule has 0 heterocycles. The number of anilines is 2. The molecule has 0 aromatic heterocycles. The zero-order valence-electron chi connectivity index (χ0n) is 25.0. The number of hydrogen-bond acceptors (Lipinski definition) is 8. The summed E-state index contributed by atoms with van der Waals surface area (Å²) in [5.74, 6) is -2.35. The first-order valence-electron chi connectivity index (χ1n) is 13.9. The second-order valence-corrected chi connectivity index (χ2v) is 10.2. The minimum absolute atomic E-state index is 0.0505. The average molecular weight is 591 g/mol. The SMILES string of the molecule is CCC(C)OC(=O)C(Cc1ccc(N(C)C(=O)N(C)c2ccc(CNC)cc2C=O)cc1)NC(=O)c1c(O)cccc1O. The topological polar surface area (TPSA) is 149 Å². The summed E-state index contributed by atoms with van der Waals surface area (Å²) < 4.78 is 5.47. The van der Waals surface area contributed by atoms with Gasteiger partial charge in [0.05, 0.1) is 11.8 Å². The maximum Gasteiger partial charge on any atom is 0.329 e. The van der Waals surface area contributed by atoms with E-state index in [4.69, 9.17) is 4.74 Å². The Labute approximate surface area is 251 Å². The Morgan fingerprint density at radius 2 is 1.58 bits per heavy atom. The van der Waals surface area contributed by atoms with Crippen molar-refractivity contribution in [2.24, 2.45) is 0 Å². The zero-order chi connectivity index (χ0) is 31.7. The zero-order valence-corrected chi connectivity index (χ0v) is 25.0. The molecule has 4 N–H and O–H groups in total. The van der Waals surface area contributed by atoms with Gasteiger partial charge in [-0.05, 0) is 67.9 Å². The van der Waals surface area contributed by atoms with Crippen LogP contribution < -0.4 is 20.4 Å². The van der Waals surface area contributed by atoms with Crippen LogP contribution in [0.15, 0.2) is 60.7 Å². The molecule has 3 rings (SSSR count). The van der Waals surface area contributed by atoms with Crippen molar-refractivity contribution in [3.8, 4) is 11.5 Å². The van der Waals surface area contributed by atoms with E-state index >= 15 is 0 Å². The molecule has 0 radical (unpaired) electrons. The summed E-state index contributed by atoms with van der Waals surface area (Å²) in [6, 6.07) is 14.6. The van der Waals surface area contributed by atoms with Gasteiger partial charge in [-0.1, -0.05) is 31.2 Å². The van der Waals surface area contributed by atoms with Crippen molar-refractivity contribution in [1.82, 2.24) is 10.6 Å². The molecular formula is C32H38N4O7. The van der Waals surface area contributed by atoms with E-state index in [0.717, 1.165) is 11.8 Å². The lowest BCUT2D eigenvalue weighted by molar-refractivity contribution is -0.150. The minimum Gasteiger partial charge on any atom is -0.507 e. The highest BCUT2D eigenvalue weighted by atomic mass is 16.5. The van der Waals surface area contributed by atoms with E-state index in [9.17, 15) is 29.4 Å². The van der Waals surface area contributed by atoms with Gasteiger partial charge >= 0.3 is 12.0 Å². The number of aromatic hydroxyl groups is 2. The average Bonchev–Trinajstić information content (AvgIpc) is 2.99. The number of phenolic OH excluding ortho intramolecular Hbond substituents is 2. The number of benzene rings is 3. The Kier molecular flexibility index (Phi) is 11.2. The fourth-order valence-corrected chi connectivity index (χ4v) is 4.40. The number of aldehydes is 1. The highest BCUT2D eigenvalue weighted by molar-refractivity contribution is 6.05. The van der Waals surface area contributed by atoms with Gasteiger partial charge in [0.15, 0.2) is 6.29 Å². The highest BCUT2D eigenvalue weighted by Crippen LogP contribution is 2.27. The number of carbonyl (C=O) groups excluding carboxylic acids is 4. The number of nitrogens with one attached hydrogen (secondary N) is 2. The Hall–Kier alpha value is -4.90. The maximum absolute atomic E-state index is 13.3. The molecule has 0 saturated carbocycles. The van der Waals surface area contributed by atoms with Crippen LogP contribution in [0.5, 0.6) is 11.5 Å². The van der Waals surface area contributed by atoms with Crippen LogP contribution in [0.1, 0.15) is 52.1 Å². The van der Waals surface area contributed by atoms with Crippen LogP contribution in [-0.2, 0) is 22.5 Å². The lowest BCUT2D eigenvalue weighted by Gasteiger charge is -2.26. The van der Waals surface area contributed by atoms with Crippen molar-refractivity contribution in [2.45, 2.75) is 45.4 Å². The van der Waals surface area contributed by atoms with Crippen LogP contribution in [0.25, 0.3) is 0 Å². The molecule has 0 aliphatic heterocycles. The number of ether oxygens (including phenoxy) is 1. The highest BCUT2D eigenvalue weighted by Gasteiger charge is 2.27. The standard InChI is InChI=1S/C32H38N4O7/c1-6-20(2)43-31(41)25(34-30(40)29-27(38)8-7-9-28(29)39)17-21-10-13-24(14-11-21)35(4)32(42)36(5)26-15-12-22(18-33-3)16-23(26)19-37/h7-16,19-20,25,33,38-39H,6,17-18H2,1-5H3,(H,34,40). The predicted molar refractivity (Wildman–Crippen MR) is 164 cm³/mol. The molecule has 43 heavy (non-hydrogen) atoms. The van der Waals surface area contributed by atoms with Crippen molar-refractivity contribution in [2.75, 3.05) is 30.9 Å². The van der Waals surface area contributed by atoms with E-state index in [1.165, 1.54) is 28.0 Å². The number of phenols is 2. The normalized spacial score (nSPS) is 12.1. The summed E-state index contributed by atoms with van der Waals surface area (Å²) in [6.07, 6.45) is 0.956. The number of carbonyl (C=O) groups is 4. The van der Waals surface area contributed by atoms with E-state index in [-0.39, 0.29) is 24.1 Å². The van der Waals surface area contributed by atoms with E-state index in [1.807, 2.05) is 13.0 Å². The van der Waals surface area contributed by atoms with Crippen LogP contribution in [0.2, 0.25) is 0 Å². The first kappa shape index (κ1) is 32.6. The lowest BCUT2D eigenvalue weighted by atomic mass is 10.0. The van der Waals surface area contributed by atoms with Gasteiger partial charge in [-0.15, -0.1) is 0 Å². The van der Waals surface area contributed by atoms with Crippen LogP contribution in [0, 0.1) is 0 Å². The molecule has 11 nitrogen and oxygen atoms in total. The summed E-state index contributed by atoms with van der Waals surface area (Å²) in [6.45, 7) is 4.18. The van der Waals surface area contributed by atoms with Gasteiger partial charge in [0.1, 0.15) is 23.1 Å². The number of esters is 1. The third-order valence-corrected chi connectivity index (χ3v) is 7.03. The smallest absolute Gasteiger partial charge is 0.329 e. The van der Waals surface area contributed by atoms with Crippen molar-refractivity contribution in [3.05, 3.63) is 82.9 Å². The molecule has 0 aliphatic carbocycles. The van der Waals surface area contributed by atoms with E-state index < -0.39 is 29.4 Å². The van der Waals surface area contributed by atoms with Crippen molar-refractivity contribution in [1.29, 1.82) is 0 Å². The van der Waals surface area contributed by atoms with Gasteiger partial charge in [-0.3, -0.25) is 19.4 Å². The largest absolute Gasteiger partial charge is 0.507 e. The third kappa shape index (κ3) is 8.10. The molecule has 0 bridgehead atoms. The monoisotopic (exact) mass is 590 g/mol. The summed E-state index contributed by atoms with van der Waals surface area (Å²) >= 11 is 0. The van der Waals surface area contributed by atoms with E-state index in [2.05, 4.69) is 10.6 Å². The second kappa shape index (κ2) is 14.8. The molecule has 3 aromatic carbocycles. The number of amides is 3. The fraction of sp³-hybridized carbons (Fsp3) is 0.312. The lowest BCUT2D eigenvalue weighted by Crippen LogP contribution is -2.44. The minimum atomic E-state index is -1.12. The summed E-state index contributed by atoms with van der Waals surface area (Å²) in [7, 11) is 5.00. The molecule has 2 unspecified atom stereocenters. The second-order valence-electron chi connectivity index (χ2n) is 10.2. The van der Waals surface area contributed by atoms with Gasteiger partial charge in [0.25, 0.3) is 5.91 Å². The van der Waals surface area contributed by atoms with Gasteiger partial charge in [0, 0.05) is 38.3 Å². The Morgan fingerprint density at radius 1 is 0.953 bits per heavy atom. The van der Waals surface area contributed by atoms with Crippen LogP contribution in [-0.4, -0.2) is 67.7 Å². The van der Waals surface area contributed by atoms with Crippen LogP contribution >= 0.6 is 0 Å². The van der Waals surface area contributed by atoms with Crippen LogP contribution in [0.4, 0.5) is 16.2 Å². The van der Waals surface area contributed by atoms with Gasteiger partial charge in [0.2, 0.25) is 0 Å². The van der Waals surface area contributed by atoms with E-state index in [0.29, 0.717) is 35.5 Å². The molecule has 0 fully saturated rings. The Bertz CT molecular complexity index is 1440. The molecular weight excluding hydrogens is 552 g/mol. The fourth-order valence-electron chi connectivity index (χ4n) is 4.40. The molecule has 3 aromatic rings. The molecule has 0 aliphatic rings. The van der Waals surface area contributed by atoms with Gasteiger partial charge in [-0.2, -0.15) is 0 Å². The van der Waals surface area contributed by atoms with Crippen molar-refractivity contribution in [3.63, 3.8) is 0 Å². The van der Waals surface area contributed by atoms with Crippen molar-refractivity contribution < 1.29 is 34.1 Å².